The van der Waals surface area contributed by atoms with Gasteiger partial charge in [-0.3, -0.25) is 4.57 Å². The van der Waals surface area contributed by atoms with E-state index in [0.29, 0.717) is 0 Å². The zero-order valence-electron chi connectivity index (χ0n) is 11.0. The van der Waals surface area contributed by atoms with Gasteiger partial charge < -0.3 is 19.9 Å². The van der Waals surface area contributed by atoms with Gasteiger partial charge in [0.25, 0.3) is 0 Å². The van der Waals surface area contributed by atoms with Gasteiger partial charge in [0.2, 0.25) is 0 Å². The van der Waals surface area contributed by atoms with Crippen molar-refractivity contribution in [2.45, 2.75) is 20.3 Å². The van der Waals surface area contributed by atoms with Crippen molar-refractivity contribution in [2.75, 3.05) is 19.3 Å². The van der Waals surface area contributed by atoms with Gasteiger partial charge in [-0.25, -0.2) is 9.59 Å². The van der Waals surface area contributed by atoms with E-state index in [1.807, 2.05) is 0 Å². The molecule has 8 nitrogen and oxygen atoms in total. The summed E-state index contributed by atoms with van der Waals surface area (Å²) in [6.45, 7) is 6.67. The van der Waals surface area contributed by atoms with Gasteiger partial charge in [0.1, 0.15) is 0 Å². The number of carbonyl (C=O) groups is 2. The summed E-state index contributed by atoms with van der Waals surface area (Å²) in [5, 5.41) is 3.20. The Morgan fingerprint density at radius 1 is 1.42 bits per heavy atom. The Hall–Kier alpha value is -1.37. The van der Waals surface area contributed by atoms with E-state index in [1.165, 1.54) is 6.92 Å². The summed E-state index contributed by atoms with van der Waals surface area (Å²) in [7, 11) is -4.05. The maximum Gasteiger partial charge on any atom is 0.358 e. The molecular formula is C10H19N2O6P. The van der Waals surface area contributed by atoms with Crippen molar-refractivity contribution >= 4 is 19.6 Å². The molecule has 0 unspecified atom stereocenters. The first-order valence-corrected chi connectivity index (χ1v) is 7.45. The molecule has 3 N–H and O–H groups in total. The number of hydrogen-bond acceptors (Lipinski definition) is 4. The number of hydroxylamine groups is 2. The van der Waals surface area contributed by atoms with Crippen LogP contribution in [0.25, 0.3) is 0 Å². The van der Waals surface area contributed by atoms with Crippen LogP contribution in [0, 0.1) is 0 Å². The zero-order valence-corrected chi connectivity index (χ0v) is 11.9. The lowest BCUT2D eigenvalue weighted by molar-refractivity contribution is -0.170. The molecule has 0 saturated carbocycles. The molecule has 0 bridgehead atoms. The van der Waals surface area contributed by atoms with Gasteiger partial charge in [0, 0.05) is 12.1 Å². The fourth-order valence-corrected chi connectivity index (χ4v) is 1.57. The summed E-state index contributed by atoms with van der Waals surface area (Å²) < 4.78 is 10.6. The highest BCUT2D eigenvalue weighted by molar-refractivity contribution is 7.51. The third-order valence-electron chi connectivity index (χ3n) is 1.96. The number of carbonyl (C=O) groups excluding carboxylic acids is 2. The minimum Gasteiger partial charge on any atom is -0.336 e. The summed E-state index contributed by atoms with van der Waals surface area (Å²) in [6, 6.07) is -0.650. The number of amides is 2. The Kier molecular flexibility index (Phi) is 7.36. The Morgan fingerprint density at radius 3 is 2.42 bits per heavy atom. The molecule has 0 atom stereocenters. The fraction of sp³-hybridized carbons (Fsp3) is 0.600. The maximum absolute atomic E-state index is 11.6. The molecule has 0 aromatic heterocycles. The smallest absolute Gasteiger partial charge is 0.336 e. The van der Waals surface area contributed by atoms with Crippen molar-refractivity contribution in [3.8, 4) is 0 Å². The lowest BCUT2D eigenvalue weighted by Gasteiger charge is -2.19. The van der Waals surface area contributed by atoms with Crippen molar-refractivity contribution in [1.29, 1.82) is 0 Å². The largest absolute Gasteiger partial charge is 0.358 e. The Balaban J connectivity index is 4.12. The van der Waals surface area contributed by atoms with Crippen molar-refractivity contribution in [1.82, 2.24) is 10.4 Å². The second-order valence-electron chi connectivity index (χ2n) is 3.83. The molecule has 0 aliphatic heterocycles. The molecular weight excluding hydrogens is 275 g/mol. The van der Waals surface area contributed by atoms with Crippen molar-refractivity contribution in [2.24, 2.45) is 0 Å². The van der Waals surface area contributed by atoms with Crippen molar-refractivity contribution in [3.05, 3.63) is 12.2 Å². The molecule has 2 amide bonds. The van der Waals surface area contributed by atoms with Crippen LogP contribution in [0.4, 0.5) is 4.79 Å². The standard InChI is InChI=1S/C10H19N2O6P/c1-4-12(18-9(13)8(2)3)10(14)11-6-5-7-19(15,16)17/h2,4-7H2,1,3H3,(H,11,14)(H2,15,16,17). The van der Waals surface area contributed by atoms with Crippen LogP contribution in [0.2, 0.25) is 0 Å². The molecule has 0 rings (SSSR count). The highest BCUT2D eigenvalue weighted by Gasteiger charge is 2.17. The van der Waals surface area contributed by atoms with Gasteiger partial charge in [0.15, 0.2) is 0 Å². The highest BCUT2D eigenvalue weighted by atomic mass is 31.2. The van der Waals surface area contributed by atoms with Gasteiger partial charge in [-0.2, -0.15) is 5.06 Å². The average Bonchev–Trinajstić information content (AvgIpc) is 2.29. The minimum atomic E-state index is -4.05. The van der Waals surface area contributed by atoms with Crippen molar-refractivity contribution in [3.63, 3.8) is 0 Å². The Morgan fingerprint density at radius 2 is 2.00 bits per heavy atom. The van der Waals surface area contributed by atoms with E-state index < -0.39 is 19.6 Å². The molecule has 0 fully saturated rings. The van der Waals surface area contributed by atoms with E-state index in [-0.39, 0.29) is 31.2 Å². The number of urea groups is 1. The number of nitrogens with zero attached hydrogens (tertiary/aromatic N) is 1. The van der Waals surface area contributed by atoms with Crippen LogP contribution in [-0.2, 0) is 14.2 Å². The molecule has 0 aromatic rings. The van der Waals surface area contributed by atoms with Crippen LogP contribution in [0.5, 0.6) is 0 Å². The second-order valence-corrected chi connectivity index (χ2v) is 5.60. The average molecular weight is 294 g/mol. The Labute approximate surface area is 111 Å². The van der Waals surface area contributed by atoms with Crippen LogP contribution in [0.1, 0.15) is 20.3 Å². The maximum atomic E-state index is 11.6. The number of nitrogens with one attached hydrogen (secondary N) is 1. The van der Waals surface area contributed by atoms with E-state index in [2.05, 4.69) is 11.9 Å². The number of hydrogen-bond donors (Lipinski definition) is 3. The normalized spacial score (nSPS) is 10.7. The summed E-state index contributed by atoms with van der Waals surface area (Å²) in [6.07, 6.45) is -0.188. The van der Waals surface area contributed by atoms with E-state index in [1.54, 1.807) is 6.92 Å². The first-order valence-electron chi connectivity index (χ1n) is 5.65. The van der Waals surface area contributed by atoms with Gasteiger partial charge in [0.05, 0.1) is 12.7 Å². The fourth-order valence-electron chi connectivity index (χ4n) is 0.996. The molecule has 0 aliphatic carbocycles. The Bertz CT molecular complexity index is 391. The van der Waals surface area contributed by atoms with Gasteiger partial charge in [-0.1, -0.05) is 6.58 Å². The van der Waals surface area contributed by atoms with E-state index in [0.717, 1.165) is 5.06 Å². The lowest BCUT2D eigenvalue weighted by atomic mass is 10.4. The summed E-state index contributed by atoms with van der Waals surface area (Å²) >= 11 is 0. The SMILES string of the molecule is C=C(C)C(=O)ON(CC)C(=O)NCCCP(=O)(O)O. The first kappa shape index (κ1) is 17.6. The van der Waals surface area contributed by atoms with Crippen LogP contribution in [-0.4, -0.2) is 46.1 Å². The summed E-state index contributed by atoms with van der Waals surface area (Å²) in [4.78, 5) is 44.8. The van der Waals surface area contributed by atoms with E-state index in [4.69, 9.17) is 14.6 Å². The third-order valence-corrected chi connectivity index (χ3v) is 2.86. The summed E-state index contributed by atoms with van der Waals surface area (Å²) in [5.41, 5.74) is 0.160. The summed E-state index contributed by atoms with van der Waals surface area (Å²) in [5.74, 6) is -0.716. The monoisotopic (exact) mass is 294 g/mol. The van der Waals surface area contributed by atoms with Crippen LogP contribution in [0.15, 0.2) is 12.2 Å². The van der Waals surface area contributed by atoms with Gasteiger partial charge in [-0.05, 0) is 20.3 Å². The topological polar surface area (TPSA) is 116 Å². The molecule has 19 heavy (non-hydrogen) atoms. The molecule has 0 aromatic carbocycles. The molecule has 0 aliphatic rings. The molecule has 0 spiro atoms. The van der Waals surface area contributed by atoms with Gasteiger partial charge in [-0.15, -0.1) is 0 Å². The number of rotatable bonds is 6. The van der Waals surface area contributed by atoms with Crippen LogP contribution >= 0.6 is 7.60 Å². The van der Waals surface area contributed by atoms with Crippen LogP contribution in [0.3, 0.4) is 0 Å². The lowest BCUT2D eigenvalue weighted by Crippen LogP contribution is -2.41. The van der Waals surface area contributed by atoms with E-state index in [9.17, 15) is 14.2 Å². The highest BCUT2D eigenvalue weighted by Crippen LogP contribution is 2.34. The molecule has 0 radical (unpaired) electrons. The second kappa shape index (κ2) is 7.93. The predicted molar refractivity (Wildman–Crippen MR) is 68.2 cm³/mol. The zero-order chi connectivity index (χ0) is 15.1. The minimum absolute atomic E-state index is 0.0745. The molecule has 0 saturated heterocycles. The van der Waals surface area contributed by atoms with Crippen LogP contribution < -0.4 is 5.32 Å². The van der Waals surface area contributed by atoms with Gasteiger partial charge >= 0.3 is 19.6 Å². The molecule has 0 heterocycles. The van der Waals surface area contributed by atoms with E-state index >= 15 is 0 Å². The quantitative estimate of drug-likeness (QED) is 0.286. The first-order chi connectivity index (χ1) is 8.67. The third kappa shape index (κ3) is 8.36. The molecule has 9 heteroatoms. The molecule has 110 valence electrons. The van der Waals surface area contributed by atoms with Crippen molar-refractivity contribution < 1.29 is 28.8 Å². The predicted octanol–water partition coefficient (Wildman–Crippen LogP) is 0.620.